The van der Waals surface area contributed by atoms with Crippen molar-refractivity contribution in [3.05, 3.63) is 23.9 Å². The third-order valence-corrected chi connectivity index (χ3v) is 1.86. The Morgan fingerprint density at radius 3 is 2.90 bits per heavy atom. The molecule has 10 heavy (non-hydrogen) atoms. The third-order valence-electron chi connectivity index (χ3n) is 1.09. The van der Waals surface area contributed by atoms with E-state index >= 15 is 0 Å². The van der Waals surface area contributed by atoms with Gasteiger partial charge < -0.3 is 0 Å². The molecule has 0 bridgehead atoms. The maximum atomic E-state index is 10.2. The molecule has 1 aliphatic heterocycles. The van der Waals surface area contributed by atoms with Gasteiger partial charge >= 0.3 is 0 Å². The molecule has 1 atom stereocenters. The molecule has 54 valence electrons. The lowest BCUT2D eigenvalue weighted by molar-refractivity contribution is -0.104. The highest BCUT2D eigenvalue weighted by atomic mass is 35.5. The second kappa shape index (κ2) is 3.08. The van der Waals surface area contributed by atoms with Crippen molar-refractivity contribution < 1.29 is 4.79 Å². The van der Waals surface area contributed by atoms with Crippen molar-refractivity contribution in [1.82, 2.24) is 4.42 Å². The van der Waals surface area contributed by atoms with Crippen molar-refractivity contribution in [2.75, 3.05) is 0 Å². The molecule has 0 spiro atoms. The van der Waals surface area contributed by atoms with E-state index < -0.39 is 0 Å². The van der Waals surface area contributed by atoms with Crippen LogP contribution in [0.5, 0.6) is 0 Å². The third kappa shape index (κ3) is 1.52. The number of aldehydes is 1. The zero-order valence-electron chi connectivity index (χ0n) is 5.00. The first-order chi connectivity index (χ1) is 4.74. The Bertz CT molecular complexity index is 200. The molecule has 0 radical (unpaired) electrons. The fourth-order valence-electron chi connectivity index (χ4n) is 0.599. The van der Waals surface area contributed by atoms with Crippen LogP contribution in [0.2, 0.25) is 0 Å². The Hall–Kier alpha value is -0.470. The first-order valence-corrected chi connectivity index (χ1v) is 3.45. The second-order valence-corrected chi connectivity index (χ2v) is 2.66. The molecule has 1 rings (SSSR count). The number of hydrogen-bond donors (Lipinski definition) is 0. The fourth-order valence-corrected chi connectivity index (χ4v) is 0.906. The molecule has 0 aromatic heterocycles. The maximum Gasteiger partial charge on any atom is 0.151 e. The van der Waals surface area contributed by atoms with Gasteiger partial charge in [-0.15, -0.1) is 0 Å². The van der Waals surface area contributed by atoms with E-state index in [9.17, 15) is 4.79 Å². The van der Waals surface area contributed by atoms with Gasteiger partial charge in [-0.05, 0) is 6.08 Å². The van der Waals surface area contributed by atoms with Crippen molar-refractivity contribution >= 4 is 29.7 Å². The average Bonchev–Trinajstić information content (AvgIpc) is 1.95. The van der Waals surface area contributed by atoms with Gasteiger partial charge in [-0.1, -0.05) is 17.7 Å². The average molecular weight is 178 g/mol. The molecule has 0 fully saturated rings. The van der Waals surface area contributed by atoms with Gasteiger partial charge in [0.2, 0.25) is 0 Å². The Kier molecular flexibility index (Phi) is 2.35. The normalized spacial score (nSPS) is 24.4. The summed E-state index contributed by atoms with van der Waals surface area (Å²) in [5.41, 5.74) is 0.164. The minimum absolute atomic E-state index is 0.356. The van der Waals surface area contributed by atoms with Crippen LogP contribution < -0.4 is 0 Å². The summed E-state index contributed by atoms with van der Waals surface area (Å²) in [4.78, 5) is 10.2. The molecule has 0 aromatic rings. The van der Waals surface area contributed by atoms with Crippen LogP contribution in [0.3, 0.4) is 0 Å². The Morgan fingerprint density at radius 2 is 2.40 bits per heavy atom. The number of allylic oxidation sites excluding steroid dienone is 2. The summed E-state index contributed by atoms with van der Waals surface area (Å²) in [6, 6.07) is 0. The van der Waals surface area contributed by atoms with Gasteiger partial charge in [-0.25, -0.2) is 0 Å². The summed E-state index contributed by atoms with van der Waals surface area (Å²) in [6.07, 6.45) is 5.46. The highest BCUT2D eigenvalue weighted by molar-refractivity contribution is 6.26. The minimum Gasteiger partial charge on any atom is -0.298 e. The first-order valence-electron chi connectivity index (χ1n) is 2.67. The highest BCUT2D eigenvalue weighted by Crippen LogP contribution is 2.17. The number of nitrogens with zero attached hydrogens (tertiary/aromatic N) is 1. The molecule has 0 N–H and O–H groups in total. The van der Waals surface area contributed by atoms with Crippen LogP contribution in [0.15, 0.2) is 23.9 Å². The molecule has 0 aromatic carbocycles. The number of hydrogen-bond acceptors (Lipinski definition) is 2. The first kappa shape index (κ1) is 7.63. The van der Waals surface area contributed by atoms with Crippen LogP contribution in [0.1, 0.15) is 0 Å². The van der Waals surface area contributed by atoms with Gasteiger partial charge in [0.15, 0.2) is 6.29 Å². The monoisotopic (exact) mass is 177 g/mol. The zero-order chi connectivity index (χ0) is 7.56. The smallest absolute Gasteiger partial charge is 0.151 e. The van der Waals surface area contributed by atoms with Gasteiger partial charge in [0.1, 0.15) is 5.50 Å². The highest BCUT2D eigenvalue weighted by Gasteiger charge is 2.10. The number of halogens is 2. The van der Waals surface area contributed by atoms with Gasteiger partial charge in [0, 0.05) is 23.5 Å². The fraction of sp³-hybridized carbons (Fsp3) is 0.167. The lowest BCUT2D eigenvalue weighted by Crippen LogP contribution is -2.16. The van der Waals surface area contributed by atoms with Crippen molar-refractivity contribution in [2.24, 2.45) is 0 Å². The summed E-state index contributed by atoms with van der Waals surface area (Å²) in [5, 5.41) is 0. The Labute approximate surface area is 68.8 Å². The zero-order valence-corrected chi connectivity index (χ0v) is 6.51. The van der Waals surface area contributed by atoms with Crippen LogP contribution in [-0.4, -0.2) is 16.2 Å². The predicted octanol–water partition coefficient (Wildman–Crippen LogP) is 1.66. The SMILES string of the molecule is O=CC1=CN(Cl)C(Cl)C=C1. The number of carbonyl (C=O) groups is 1. The predicted molar refractivity (Wildman–Crippen MR) is 40.6 cm³/mol. The van der Waals surface area contributed by atoms with Crippen LogP contribution in [0.4, 0.5) is 0 Å². The summed E-state index contributed by atoms with van der Waals surface area (Å²) in [5.74, 6) is 0. The quantitative estimate of drug-likeness (QED) is 0.263. The van der Waals surface area contributed by atoms with E-state index in [1.807, 2.05) is 0 Å². The van der Waals surface area contributed by atoms with E-state index in [0.717, 1.165) is 0 Å². The number of rotatable bonds is 1. The van der Waals surface area contributed by atoms with E-state index in [1.165, 1.54) is 10.6 Å². The summed E-state index contributed by atoms with van der Waals surface area (Å²) < 4.78 is 1.24. The summed E-state index contributed by atoms with van der Waals surface area (Å²) >= 11 is 11.2. The number of carbonyl (C=O) groups excluding carboxylic acids is 1. The van der Waals surface area contributed by atoms with E-state index in [0.29, 0.717) is 11.9 Å². The van der Waals surface area contributed by atoms with Gasteiger partial charge in [0.25, 0.3) is 0 Å². The molecular formula is C6H5Cl2NO. The molecule has 1 aliphatic rings. The van der Waals surface area contributed by atoms with E-state index in [1.54, 1.807) is 12.2 Å². The van der Waals surface area contributed by atoms with Crippen LogP contribution in [-0.2, 0) is 4.79 Å². The molecule has 0 amide bonds. The molecule has 0 saturated carbocycles. The van der Waals surface area contributed by atoms with Crippen molar-refractivity contribution in [2.45, 2.75) is 5.50 Å². The molecule has 0 aliphatic carbocycles. The summed E-state index contributed by atoms with van der Waals surface area (Å²) in [6.45, 7) is 0. The van der Waals surface area contributed by atoms with E-state index in [4.69, 9.17) is 23.4 Å². The van der Waals surface area contributed by atoms with Crippen molar-refractivity contribution in [1.29, 1.82) is 0 Å². The molecule has 2 nitrogen and oxygen atoms in total. The van der Waals surface area contributed by atoms with Crippen LogP contribution in [0, 0.1) is 0 Å². The minimum atomic E-state index is -0.356. The van der Waals surface area contributed by atoms with Crippen molar-refractivity contribution in [3.8, 4) is 0 Å². The molecule has 4 heteroatoms. The van der Waals surface area contributed by atoms with Gasteiger partial charge in [0.05, 0.1) is 0 Å². The van der Waals surface area contributed by atoms with Crippen LogP contribution in [0.25, 0.3) is 0 Å². The Balaban J connectivity index is 2.75. The molecular weight excluding hydrogens is 173 g/mol. The summed E-state index contributed by atoms with van der Waals surface area (Å²) in [7, 11) is 0. The van der Waals surface area contributed by atoms with Crippen LogP contribution >= 0.6 is 23.4 Å². The van der Waals surface area contributed by atoms with Gasteiger partial charge in [-0.2, -0.15) is 0 Å². The molecule has 0 saturated heterocycles. The molecule has 1 heterocycles. The lowest BCUT2D eigenvalue weighted by Gasteiger charge is -2.17. The lowest BCUT2D eigenvalue weighted by atomic mass is 10.2. The maximum absolute atomic E-state index is 10.2. The number of alkyl halides is 1. The molecule has 1 unspecified atom stereocenters. The van der Waals surface area contributed by atoms with E-state index in [-0.39, 0.29) is 5.50 Å². The van der Waals surface area contributed by atoms with E-state index in [2.05, 4.69) is 0 Å². The van der Waals surface area contributed by atoms with Gasteiger partial charge in [-0.3, -0.25) is 9.21 Å². The van der Waals surface area contributed by atoms with Crippen molar-refractivity contribution in [3.63, 3.8) is 0 Å². The Morgan fingerprint density at radius 1 is 1.70 bits per heavy atom. The topological polar surface area (TPSA) is 20.3 Å². The largest absolute Gasteiger partial charge is 0.298 e. The second-order valence-electron chi connectivity index (χ2n) is 1.82. The standard InChI is InChI=1S/C6H5Cl2NO/c7-6-2-1-5(4-10)3-9(6)8/h1-4,6H.